The van der Waals surface area contributed by atoms with Crippen molar-refractivity contribution < 1.29 is 4.74 Å². The third kappa shape index (κ3) is 3.23. The van der Waals surface area contributed by atoms with E-state index in [4.69, 9.17) is 11.2 Å². The lowest BCUT2D eigenvalue weighted by Gasteiger charge is -2.11. The second-order valence-corrected chi connectivity index (χ2v) is 3.96. The molecular weight excluding hydrogens is 238 g/mol. The lowest BCUT2D eigenvalue weighted by Crippen LogP contribution is -2.10. The fourth-order valence-electron chi connectivity index (χ4n) is 1.54. The van der Waals surface area contributed by atoms with Gasteiger partial charge in [0.25, 0.3) is 0 Å². The first kappa shape index (κ1) is 12.9. The number of nitrogens with zero attached hydrogens (tertiary/aromatic N) is 2. The molecule has 4 nitrogen and oxygen atoms in total. The maximum absolute atomic E-state index is 5.54. The number of rotatable bonds is 4. The van der Waals surface area contributed by atoms with Gasteiger partial charge in [-0.2, -0.15) is 4.98 Å². The van der Waals surface area contributed by atoms with E-state index >= 15 is 0 Å². The molecule has 0 aliphatic carbocycles. The van der Waals surface area contributed by atoms with Gasteiger partial charge in [0.05, 0.1) is 0 Å². The molecule has 0 saturated heterocycles. The summed E-state index contributed by atoms with van der Waals surface area (Å²) in [5.41, 5.74) is 0.929. The van der Waals surface area contributed by atoms with Gasteiger partial charge < -0.3 is 10.1 Å². The van der Waals surface area contributed by atoms with Crippen LogP contribution in [0.2, 0.25) is 0 Å². The highest BCUT2D eigenvalue weighted by atomic mass is 16.5. The lowest BCUT2D eigenvalue weighted by molar-refractivity contribution is 0.268. The summed E-state index contributed by atoms with van der Waals surface area (Å²) in [5.74, 6) is 4.26. The average Bonchev–Trinajstić information content (AvgIpc) is 2.47. The van der Waals surface area contributed by atoms with Gasteiger partial charge in [0.15, 0.2) is 11.9 Å². The summed E-state index contributed by atoms with van der Waals surface area (Å²) in [6.45, 7) is 1.79. The first-order valence-electron chi connectivity index (χ1n) is 5.98. The van der Waals surface area contributed by atoms with Gasteiger partial charge in [-0.1, -0.05) is 36.3 Å². The predicted molar refractivity (Wildman–Crippen MR) is 75.9 cm³/mol. The highest BCUT2D eigenvalue weighted by Crippen LogP contribution is 2.21. The summed E-state index contributed by atoms with van der Waals surface area (Å²) in [7, 11) is 1.80. The minimum Gasteiger partial charge on any atom is -0.461 e. The third-order valence-corrected chi connectivity index (χ3v) is 2.52. The number of hydrogen-bond acceptors (Lipinski definition) is 4. The van der Waals surface area contributed by atoms with Crippen molar-refractivity contribution in [3.8, 4) is 29.6 Å². The summed E-state index contributed by atoms with van der Waals surface area (Å²) in [4.78, 5) is 8.77. The molecule has 96 valence electrons. The maximum atomic E-state index is 5.54. The molecule has 0 bridgehead atoms. The Balaban J connectivity index is 2.39. The van der Waals surface area contributed by atoms with Crippen molar-refractivity contribution in [1.29, 1.82) is 0 Å². The highest BCUT2D eigenvalue weighted by Gasteiger charge is 2.08. The van der Waals surface area contributed by atoms with Crippen molar-refractivity contribution in [3.05, 3.63) is 36.4 Å². The van der Waals surface area contributed by atoms with E-state index in [1.165, 1.54) is 0 Å². The highest BCUT2D eigenvalue weighted by molar-refractivity contribution is 5.58. The molecule has 1 heterocycles. The van der Waals surface area contributed by atoms with Crippen LogP contribution in [-0.4, -0.2) is 23.1 Å². The van der Waals surface area contributed by atoms with Gasteiger partial charge >= 0.3 is 0 Å². The minimum atomic E-state index is -0.330. The van der Waals surface area contributed by atoms with Crippen molar-refractivity contribution in [2.45, 2.75) is 13.0 Å². The van der Waals surface area contributed by atoms with Crippen LogP contribution in [0, 0.1) is 12.3 Å². The predicted octanol–water partition coefficient (Wildman–Crippen LogP) is 2.59. The number of nitrogens with one attached hydrogen (secondary N) is 1. The molecular formula is C15H15N3O. The first-order chi connectivity index (χ1) is 9.22. The number of aromatic nitrogens is 2. The molecule has 0 aliphatic rings. The largest absolute Gasteiger partial charge is 0.461 e. The quantitative estimate of drug-likeness (QED) is 0.851. The van der Waals surface area contributed by atoms with Gasteiger partial charge in [-0.05, 0) is 6.92 Å². The molecule has 1 aromatic heterocycles. The van der Waals surface area contributed by atoms with Crippen LogP contribution in [0.4, 0.5) is 5.82 Å². The molecule has 19 heavy (non-hydrogen) atoms. The smallest absolute Gasteiger partial charge is 0.220 e. The fourth-order valence-corrected chi connectivity index (χ4v) is 1.54. The van der Waals surface area contributed by atoms with E-state index in [0.29, 0.717) is 17.5 Å². The SMILES string of the molecule is C#CC(C)Oc1cc(NC)nc(-c2ccccc2)n1. The molecule has 0 radical (unpaired) electrons. The van der Waals surface area contributed by atoms with Crippen LogP contribution in [-0.2, 0) is 0 Å². The normalized spacial score (nSPS) is 11.4. The molecule has 0 fully saturated rings. The minimum absolute atomic E-state index is 0.330. The van der Waals surface area contributed by atoms with Crippen LogP contribution in [0.15, 0.2) is 36.4 Å². The number of ether oxygens (including phenoxy) is 1. The Hall–Kier alpha value is -2.54. The number of benzene rings is 1. The molecule has 1 unspecified atom stereocenters. The fraction of sp³-hybridized carbons (Fsp3) is 0.200. The molecule has 1 atom stereocenters. The Labute approximate surface area is 112 Å². The van der Waals surface area contributed by atoms with E-state index in [1.54, 1.807) is 20.0 Å². The van der Waals surface area contributed by atoms with E-state index in [-0.39, 0.29) is 6.10 Å². The summed E-state index contributed by atoms with van der Waals surface area (Å²) in [6.07, 6.45) is 4.98. The number of anilines is 1. The topological polar surface area (TPSA) is 47.0 Å². The molecule has 1 aromatic carbocycles. The molecule has 2 rings (SSSR count). The van der Waals surface area contributed by atoms with E-state index in [0.717, 1.165) is 5.56 Å². The Morgan fingerprint density at radius 3 is 2.63 bits per heavy atom. The van der Waals surface area contributed by atoms with Gasteiger partial charge in [-0.15, -0.1) is 6.42 Å². The zero-order chi connectivity index (χ0) is 13.7. The zero-order valence-corrected chi connectivity index (χ0v) is 10.9. The van der Waals surface area contributed by atoms with Gasteiger partial charge in [-0.25, -0.2) is 4.98 Å². The van der Waals surface area contributed by atoms with Gasteiger partial charge in [0.1, 0.15) is 5.82 Å². The standard InChI is InChI=1S/C15H15N3O/c1-4-11(2)19-14-10-13(16-3)17-15(18-14)12-8-6-5-7-9-12/h1,5-11H,2-3H3,(H,16,17,18). The Morgan fingerprint density at radius 1 is 1.26 bits per heavy atom. The average molecular weight is 253 g/mol. The molecule has 2 aromatic rings. The Morgan fingerprint density at radius 2 is 2.00 bits per heavy atom. The second kappa shape index (κ2) is 5.87. The zero-order valence-electron chi connectivity index (χ0n) is 10.9. The van der Waals surface area contributed by atoms with Crippen molar-refractivity contribution in [2.24, 2.45) is 0 Å². The van der Waals surface area contributed by atoms with Crippen LogP contribution in [0.3, 0.4) is 0 Å². The van der Waals surface area contributed by atoms with Gasteiger partial charge in [0.2, 0.25) is 5.88 Å². The van der Waals surface area contributed by atoms with Crippen molar-refractivity contribution in [1.82, 2.24) is 9.97 Å². The monoisotopic (exact) mass is 253 g/mol. The van der Waals surface area contributed by atoms with Crippen molar-refractivity contribution >= 4 is 5.82 Å². The maximum Gasteiger partial charge on any atom is 0.220 e. The van der Waals surface area contributed by atoms with Crippen LogP contribution in [0.5, 0.6) is 5.88 Å². The Bertz CT molecular complexity index is 590. The van der Waals surface area contributed by atoms with Crippen LogP contribution >= 0.6 is 0 Å². The van der Waals surface area contributed by atoms with E-state index in [1.807, 2.05) is 30.3 Å². The van der Waals surface area contributed by atoms with Crippen molar-refractivity contribution in [3.63, 3.8) is 0 Å². The summed E-state index contributed by atoms with van der Waals surface area (Å²) in [6, 6.07) is 11.4. The number of terminal acetylenes is 1. The molecule has 0 aliphatic heterocycles. The van der Waals surface area contributed by atoms with Crippen LogP contribution in [0.1, 0.15) is 6.92 Å². The van der Waals surface area contributed by atoms with Crippen molar-refractivity contribution in [2.75, 3.05) is 12.4 Å². The van der Waals surface area contributed by atoms with Gasteiger partial charge in [-0.3, -0.25) is 0 Å². The molecule has 0 amide bonds. The van der Waals surface area contributed by atoms with E-state index < -0.39 is 0 Å². The first-order valence-corrected chi connectivity index (χ1v) is 5.98. The van der Waals surface area contributed by atoms with Gasteiger partial charge in [0, 0.05) is 18.7 Å². The van der Waals surface area contributed by atoms with E-state index in [2.05, 4.69) is 21.2 Å². The molecule has 0 spiro atoms. The summed E-state index contributed by atoms with van der Waals surface area (Å²) >= 11 is 0. The Kier molecular flexibility index (Phi) is 3.99. The van der Waals surface area contributed by atoms with Crippen LogP contribution < -0.4 is 10.1 Å². The second-order valence-electron chi connectivity index (χ2n) is 3.96. The summed E-state index contributed by atoms with van der Waals surface area (Å²) < 4.78 is 5.54. The third-order valence-electron chi connectivity index (χ3n) is 2.52. The van der Waals surface area contributed by atoms with Crippen LogP contribution in [0.25, 0.3) is 11.4 Å². The summed E-state index contributed by atoms with van der Waals surface area (Å²) in [5, 5.41) is 2.99. The lowest BCUT2D eigenvalue weighted by atomic mass is 10.2. The molecule has 1 N–H and O–H groups in total. The number of hydrogen-bond donors (Lipinski definition) is 1. The molecule has 0 saturated carbocycles. The molecule has 4 heteroatoms. The van der Waals surface area contributed by atoms with E-state index in [9.17, 15) is 0 Å².